The molecule has 1 amide bonds. The standard InChI is InChI=1S/C11H12N4O/c1-9-2-4-10(5-3-9)6-11(16)14-15-7-12-13-8-15/h2-5,7-8H,6H2,1H3,(H,14,16). The molecule has 5 nitrogen and oxygen atoms in total. The first-order valence-corrected chi connectivity index (χ1v) is 4.94. The van der Waals surface area contributed by atoms with Gasteiger partial charge in [-0.05, 0) is 12.5 Å². The summed E-state index contributed by atoms with van der Waals surface area (Å²) in [7, 11) is 0. The number of nitrogens with zero attached hydrogens (tertiary/aromatic N) is 3. The Hall–Kier alpha value is -2.17. The maximum absolute atomic E-state index is 11.6. The molecule has 16 heavy (non-hydrogen) atoms. The van der Waals surface area contributed by atoms with Gasteiger partial charge in [0, 0.05) is 0 Å². The Balaban J connectivity index is 1.95. The molecule has 1 aromatic heterocycles. The molecule has 0 saturated carbocycles. The van der Waals surface area contributed by atoms with E-state index in [1.54, 1.807) is 0 Å². The van der Waals surface area contributed by atoms with Crippen molar-refractivity contribution in [3.05, 3.63) is 48.0 Å². The second kappa shape index (κ2) is 4.57. The largest absolute Gasteiger partial charge is 0.273 e. The molecule has 0 radical (unpaired) electrons. The molecule has 0 atom stereocenters. The smallest absolute Gasteiger partial charge is 0.243 e. The fourth-order valence-corrected chi connectivity index (χ4v) is 1.33. The number of nitrogens with one attached hydrogen (secondary N) is 1. The molecule has 0 fully saturated rings. The Morgan fingerprint density at radius 3 is 2.50 bits per heavy atom. The number of hydrogen-bond donors (Lipinski definition) is 1. The van der Waals surface area contributed by atoms with Gasteiger partial charge in [-0.1, -0.05) is 29.8 Å². The van der Waals surface area contributed by atoms with Crippen LogP contribution in [0.4, 0.5) is 0 Å². The second-order valence-corrected chi connectivity index (χ2v) is 3.57. The van der Waals surface area contributed by atoms with Gasteiger partial charge in [0.2, 0.25) is 5.91 Å². The molecule has 0 unspecified atom stereocenters. The molecule has 0 aliphatic heterocycles. The third-order valence-corrected chi connectivity index (χ3v) is 2.16. The molecule has 0 saturated heterocycles. The fraction of sp³-hybridized carbons (Fsp3) is 0.182. The van der Waals surface area contributed by atoms with Gasteiger partial charge < -0.3 is 0 Å². The first-order valence-electron chi connectivity index (χ1n) is 4.94. The minimum atomic E-state index is -0.0938. The summed E-state index contributed by atoms with van der Waals surface area (Å²) in [6, 6.07) is 7.87. The van der Waals surface area contributed by atoms with E-state index >= 15 is 0 Å². The summed E-state index contributed by atoms with van der Waals surface area (Å²) in [4.78, 5) is 11.6. The predicted octanol–water partition coefficient (Wildman–Crippen LogP) is 0.899. The lowest BCUT2D eigenvalue weighted by Crippen LogP contribution is -2.23. The van der Waals surface area contributed by atoms with E-state index in [1.165, 1.54) is 22.9 Å². The summed E-state index contributed by atoms with van der Waals surface area (Å²) < 4.78 is 1.43. The van der Waals surface area contributed by atoms with Crippen LogP contribution in [-0.2, 0) is 11.2 Å². The minimum Gasteiger partial charge on any atom is -0.273 e. The molecule has 1 aromatic carbocycles. The van der Waals surface area contributed by atoms with Crippen LogP contribution in [0.15, 0.2) is 36.9 Å². The number of rotatable bonds is 3. The lowest BCUT2D eigenvalue weighted by molar-refractivity contribution is -0.116. The monoisotopic (exact) mass is 216 g/mol. The molecule has 2 aromatic rings. The quantitative estimate of drug-likeness (QED) is 0.829. The molecule has 0 aliphatic rings. The van der Waals surface area contributed by atoms with Crippen molar-refractivity contribution in [2.24, 2.45) is 0 Å². The molecule has 1 heterocycles. The highest BCUT2D eigenvalue weighted by molar-refractivity contribution is 5.85. The zero-order valence-corrected chi connectivity index (χ0v) is 8.92. The molecular weight excluding hydrogens is 204 g/mol. The Labute approximate surface area is 93.1 Å². The van der Waals surface area contributed by atoms with Crippen LogP contribution in [0.2, 0.25) is 0 Å². The summed E-state index contributed by atoms with van der Waals surface area (Å²) in [5, 5.41) is 7.18. The van der Waals surface area contributed by atoms with E-state index in [2.05, 4.69) is 15.6 Å². The molecule has 2 rings (SSSR count). The van der Waals surface area contributed by atoms with Crippen LogP contribution in [0.25, 0.3) is 0 Å². The average Bonchev–Trinajstić information content (AvgIpc) is 2.74. The van der Waals surface area contributed by atoms with E-state index in [4.69, 9.17) is 0 Å². The number of benzene rings is 1. The maximum Gasteiger partial charge on any atom is 0.243 e. The minimum absolute atomic E-state index is 0.0938. The second-order valence-electron chi connectivity index (χ2n) is 3.57. The van der Waals surface area contributed by atoms with Crippen molar-refractivity contribution < 1.29 is 4.79 Å². The van der Waals surface area contributed by atoms with E-state index in [9.17, 15) is 4.79 Å². The van der Waals surface area contributed by atoms with Crippen LogP contribution in [0.3, 0.4) is 0 Å². The van der Waals surface area contributed by atoms with E-state index in [0.717, 1.165) is 5.56 Å². The van der Waals surface area contributed by atoms with Crippen molar-refractivity contribution >= 4 is 5.91 Å². The van der Waals surface area contributed by atoms with Gasteiger partial charge in [-0.3, -0.25) is 10.2 Å². The highest BCUT2D eigenvalue weighted by atomic mass is 16.2. The Morgan fingerprint density at radius 2 is 1.88 bits per heavy atom. The van der Waals surface area contributed by atoms with Crippen LogP contribution in [-0.4, -0.2) is 20.8 Å². The Bertz CT molecular complexity index is 461. The van der Waals surface area contributed by atoms with Crippen molar-refractivity contribution in [2.75, 3.05) is 5.43 Å². The van der Waals surface area contributed by atoms with Crippen LogP contribution in [0, 0.1) is 6.92 Å². The number of carbonyl (C=O) groups excluding carboxylic acids is 1. The highest BCUT2D eigenvalue weighted by Crippen LogP contribution is 2.03. The first-order chi connectivity index (χ1) is 7.74. The lowest BCUT2D eigenvalue weighted by Gasteiger charge is -2.04. The van der Waals surface area contributed by atoms with E-state index in [1.807, 2.05) is 31.2 Å². The molecule has 1 N–H and O–H groups in total. The molecule has 0 bridgehead atoms. The number of aromatic nitrogens is 3. The van der Waals surface area contributed by atoms with Crippen molar-refractivity contribution in [2.45, 2.75) is 13.3 Å². The first kappa shape index (κ1) is 10.4. The van der Waals surface area contributed by atoms with Crippen LogP contribution < -0.4 is 5.43 Å². The topological polar surface area (TPSA) is 59.8 Å². The SMILES string of the molecule is Cc1ccc(CC(=O)Nn2cnnc2)cc1. The van der Waals surface area contributed by atoms with E-state index in [-0.39, 0.29) is 5.91 Å². The van der Waals surface area contributed by atoms with E-state index < -0.39 is 0 Å². The average molecular weight is 216 g/mol. The molecule has 0 spiro atoms. The molecule has 82 valence electrons. The fourth-order valence-electron chi connectivity index (χ4n) is 1.33. The molecule has 5 heteroatoms. The van der Waals surface area contributed by atoms with E-state index in [0.29, 0.717) is 6.42 Å². The Kier molecular flexibility index (Phi) is 2.95. The van der Waals surface area contributed by atoms with Gasteiger partial charge in [0.05, 0.1) is 6.42 Å². The number of amides is 1. The van der Waals surface area contributed by atoms with Crippen molar-refractivity contribution in [3.8, 4) is 0 Å². The third-order valence-electron chi connectivity index (χ3n) is 2.16. The summed E-state index contributed by atoms with van der Waals surface area (Å²) in [6.07, 6.45) is 3.22. The van der Waals surface area contributed by atoms with Gasteiger partial charge >= 0.3 is 0 Å². The highest BCUT2D eigenvalue weighted by Gasteiger charge is 2.03. The van der Waals surface area contributed by atoms with Gasteiger partial charge in [-0.2, -0.15) is 0 Å². The maximum atomic E-state index is 11.6. The number of carbonyl (C=O) groups is 1. The van der Waals surface area contributed by atoms with Crippen LogP contribution in [0.1, 0.15) is 11.1 Å². The van der Waals surface area contributed by atoms with Crippen LogP contribution in [0.5, 0.6) is 0 Å². The zero-order chi connectivity index (χ0) is 11.4. The van der Waals surface area contributed by atoms with Crippen LogP contribution >= 0.6 is 0 Å². The number of aryl methyl sites for hydroxylation is 1. The molecule has 0 aliphatic carbocycles. The van der Waals surface area contributed by atoms with Gasteiger partial charge in [-0.15, -0.1) is 10.2 Å². The Morgan fingerprint density at radius 1 is 1.25 bits per heavy atom. The van der Waals surface area contributed by atoms with Crippen molar-refractivity contribution in [1.29, 1.82) is 0 Å². The lowest BCUT2D eigenvalue weighted by atomic mass is 10.1. The molecular formula is C11H12N4O. The van der Waals surface area contributed by atoms with Gasteiger partial charge in [0.25, 0.3) is 0 Å². The summed E-state index contributed by atoms with van der Waals surface area (Å²) in [5.74, 6) is -0.0938. The van der Waals surface area contributed by atoms with Gasteiger partial charge in [-0.25, -0.2) is 4.68 Å². The summed E-state index contributed by atoms with van der Waals surface area (Å²) in [5.41, 5.74) is 4.80. The summed E-state index contributed by atoms with van der Waals surface area (Å²) >= 11 is 0. The normalized spacial score (nSPS) is 10.1. The third kappa shape index (κ3) is 2.66. The van der Waals surface area contributed by atoms with Crippen molar-refractivity contribution in [1.82, 2.24) is 14.9 Å². The van der Waals surface area contributed by atoms with Crippen molar-refractivity contribution in [3.63, 3.8) is 0 Å². The van der Waals surface area contributed by atoms with Gasteiger partial charge in [0.15, 0.2) is 0 Å². The van der Waals surface area contributed by atoms with Gasteiger partial charge in [0.1, 0.15) is 12.7 Å². The zero-order valence-electron chi connectivity index (χ0n) is 8.92. The predicted molar refractivity (Wildman–Crippen MR) is 59.3 cm³/mol. The summed E-state index contributed by atoms with van der Waals surface area (Å²) in [6.45, 7) is 2.01. The number of hydrogen-bond acceptors (Lipinski definition) is 3.